The molecule has 1 aromatic carbocycles. The molecule has 0 radical (unpaired) electrons. The zero-order valence-corrected chi connectivity index (χ0v) is 13.7. The zero-order valence-electron chi connectivity index (χ0n) is 12.1. The molecule has 3 nitrogen and oxygen atoms in total. The van der Waals surface area contributed by atoms with Crippen molar-refractivity contribution in [2.24, 2.45) is 0 Å². The van der Waals surface area contributed by atoms with E-state index in [-0.39, 0.29) is 17.1 Å². The quantitative estimate of drug-likeness (QED) is 0.804. The molecular formula is C16H18ClNO2S. The minimum absolute atomic E-state index is 0.0385. The van der Waals surface area contributed by atoms with Gasteiger partial charge in [0.1, 0.15) is 5.75 Å². The Morgan fingerprint density at radius 2 is 2.14 bits per heavy atom. The van der Waals surface area contributed by atoms with Gasteiger partial charge in [-0.25, -0.2) is 0 Å². The Bertz CT molecular complexity index is 625. The van der Waals surface area contributed by atoms with E-state index in [9.17, 15) is 9.90 Å². The Balaban J connectivity index is 2.22. The van der Waals surface area contributed by atoms with E-state index in [1.54, 1.807) is 17.4 Å². The topological polar surface area (TPSA) is 40.5 Å². The standard InChI is InChI=1S/C16H18ClNO2S/c1-3-18(10-14-5-4-6-21-14)9-12-7-13(17)8-15(11(2)19)16(12)20/h4-8,20H,3,9-10H2,1-2H3. The number of phenolic OH excluding ortho intramolecular Hbond substituents is 1. The minimum atomic E-state index is -0.183. The molecule has 21 heavy (non-hydrogen) atoms. The fraction of sp³-hybridized carbons (Fsp3) is 0.312. The Kier molecular flexibility index (Phi) is 5.39. The maximum absolute atomic E-state index is 11.6. The first kappa shape index (κ1) is 16.0. The zero-order chi connectivity index (χ0) is 15.4. The lowest BCUT2D eigenvalue weighted by molar-refractivity contribution is 0.101. The molecule has 0 spiro atoms. The highest BCUT2D eigenvalue weighted by molar-refractivity contribution is 7.09. The van der Waals surface area contributed by atoms with Crippen LogP contribution in [0.15, 0.2) is 29.6 Å². The average molecular weight is 324 g/mol. The first-order valence-electron chi connectivity index (χ1n) is 6.78. The molecule has 1 aromatic heterocycles. The average Bonchev–Trinajstić information content (AvgIpc) is 2.94. The van der Waals surface area contributed by atoms with Gasteiger partial charge in [0, 0.05) is 28.6 Å². The van der Waals surface area contributed by atoms with Gasteiger partial charge in [0.25, 0.3) is 0 Å². The normalized spacial score (nSPS) is 11.0. The number of Topliss-reactive ketones (excluding diaryl/α,β-unsaturated/α-hetero) is 1. The Labute approximate surface area is 133 Å². The number of hydrogen-bond donors (Lipinski definition) is 1. The summed E-state index contributed by atoms with van der Waals surface area (Å²) in [5.74, 6) is -0.144. The lowest BCUT2D eigenvalue weighted by Crippen LogP contribution is -2.22. The van der Waals surface area contributed by atoms with Crippen molar-refractivity contribution >= 4 is 28.7 Å². The predicted octanol–water partition coefficient (Wildman–Crippen LogP) is 4.33. The molecule has 0 aliphatic heterocycles. The Hall–Kier alpha value is -1.36. The van der Waals surface area contributed by atoms with E-state index in [4.69, 9.17) is 11.6 Å². The van der Waals surface area contributed by atoms with Crippen LogP contribution in [0.2, 0.25) is 5.02 Å². The predicted molar refractivity (Wildman–Crippen MR) is 87.2 cm³/mol. The number of halogens is 1. The summed E-state index contributed by atoms with van der Waals surface area (Å²) in [6.07, 6.45) is 0. The molecule has 1 heterocycles. The first-order chi connectivity index (χ1) is 10.0. The number of ketones is 1. The maximum Gasteiger partial charge on any atom is 0.163 e. The van der Waals surface area contributed by atoms with Crippen LogP contribution in [0.3, 0.4) is 0 Å². The van der Waals surface area contributed by atoms with E-state index in [2.05, 4.69) is 17.9 Å². The highest BCUT2D eigenvalue weighted by Crippen LogP contribution is 2.29. The molecule has 0 aliphatic rings. The second-order valence-electron chi connectivity index (χ2n) is 4.90. The number of hydrogen-bond acceptors (Lipinski definition) is 4. The highest BCUT2D eigenvalue weighted by atomic mass is 35.5. The van der Waals surface area contributed by atoms with Gasteiger partial charge < -0.3 is 5.11 Å². The summed E-state index contributed by atoms with van der Waals surface area (Å²) in [5, 5.41) is 12.8. The van der Waals surface area contributed by atoms with Crippen LogP contribution >= 0.6 is 22.9 Å². The third-order valence-corrected chi connectivity index (χ3v) is 4.41. The number of aromatic hydroxyl groups is 1. The van der Waals surface area contributed by atoms with Crippen LogP contribution in [0.25, 0.3) is 0 Å². The maximum atomic E-state index is 11.6. The molecule has 0 fully saturated rings. The lowest BCUT2D eigenvalue weighted by atomic mass is 10.1. The fourth-order valence-corrected chi connectivity index (χ4v) is 3.17. The molecular weight excluding hydrogens is 306 g/mol. The summed E-state index contributed by atoms with van der Waals surface area (Å²) in [6.45, 7) is 5.72. The number of rotatable bonds is 6. The van der Waals surface area contributed by atoms with Crippen LogP contribution in [0.1, 0.15) is 34.6 Å². The number of thiophene rings is 1. The summed E-state index contributed by atoms with van der Waals surface area (Å²) < 4.78 is 0. The van der Waals surface area contributed by atoms with E-state index >= 15 is 0 Å². The van der Waals surface area contributed by atoms with Crippen LogP contribution in [-0.2, 0) is 13.1 Å². The van der Waals surface area contributed by atoms with Gasteiger partial charge in [-0.3, -0.25) is 9.69 Å². The molecule has 0 unspecified atom stereocenters. The second-order valence-corrected chi connectivity index (χ2v) is 6.37. The lowest BCUT2D eigenvalue weighted by Gasteiger charge is -2.21. The number of nitrogens with zero attached hydrogens (tertiary/aromatic N) is 1. The van der Waals surface area contributed by atoms with Crippen LogP contribution in [0.5, 0.6) is 5.75 Å². The van der Waals surface area contributed by atoms with Gasteiger partial charge >= 0.3 is 0 Å². The van der Waals surface area contributed by atoms with E-state index in [1.807, 2.05) is 11.4 Å². The number of benzene rings is 1. The van der Waals surface area contributed by atoms with E-state index < -0.39 is 0 Å². The number of carbonyl (C=O) groups excluding carboxylic acids is 1. The van der Waals surface area contributed by atoms with Gasteiger partial charge in [-0.1, -0.05) is 24.6 Å². The van der Waals surface area contributed by atoms with Crippen LogP contribution in [0, 0.1) is 0 Å². The van der Waals surface area contributed by atoms with Crippen molar-refractivity contribution < 1.29 is 9.90 Å². The van der Waals surface area contributed by atoms with Crippen molar-refractivity contribution in [1.29, 1.82) is 0 Å². The van der Waals surface area contributed by atoms with Crippen LogP contribution in [0.4, 0.5) is 0 Å². The van der Waals surface area contributed by atoms with Crippen molar-refractivity contribution in [1.82, 2.24) is 4.90 Å². The largest absolute Gasteiger partial charge is 0.507 e. The summed E-state index contributed by atoms with van der Waals surface area (Å²) in [5.41, 5.74) is 0.968. The van der Waals surface area contributed by atoms with Gasteiger partial charge in [0.2, 0.25) is 0 Å². The third-order valence-electron chi connectivity index (χ3n) is 3.33. The fourth-order valence-electron chi connectivity index (χ4n) is 2.19. The Morgan fingerprint density at radius 3 is 2.71 bits per heavy atom. The number of carbonyl (C=O) groups is 1. The molecule has 0 amide bonds. The van der Waals surface area contributed by atoms with E-state index in [0.29, 0.717) is 17.1 Å². The van der Waals surface area contributed by atoms with Crippen molar-refractivity contribution in [3.05, 3.63) is 50.7 Å². The SMILES string of the molecule is CCN(Cc1cccs1)Cc1cc(Cl)cc(C(C)=O)c1O. The molecule has 5 heteroatoms. The molecule has 0 saturated carbocycles. The van der Waals surface area contributed by atoms with E-state index in [0.717, 1.165) is 13.1 Å². The summed E-state index contributed by atoms with van der Waals surface area (Å²) >= 11 is 7.76. The van der Waals surface area contributed by atoms with Crippen molar-refractivity contribution in [3.63, 3.8) is 0 Å². The summed E-state index contributed by atoms with van der Waals surface area (Å²) in [7, 11) is 0. The highest BCUT2D eigenvalue weighted by Gasteiger charge is 2.15. The first-order valence-corrected chi connectivity index (χ1v) is 8.04. The number of phenols is 1. The Morgan fingerprint density at radius 1 is 1.38 bits per heavy atom. The summed E-state index contributed by atoms with van der Waals surface area (Å²) in [6, 6.07) is 7.35. The van der Waals surface area contributed by atoms with Crippen LogP contribution in [-0.4, -0.2) is 22.3 Å². The summed E-state index contributed by atoms with van der Waals surface area (Å²) in [4.78, 5) is 15.0. The van der Waals surface area contributed by atoms with Crippen molar-refractivity contribution in [2.75, 3.05) is 6.54 Å². The molecule has 0 bridgehead atoms. The van der Waals surface area contributed by atoms with Gasteiger partial charge in [-0.2, -0.15) is 0 Å². The van der Waals surface area contributed by atoms with Gasteiger partial charge in [-0.05, 0) is 37.0 Å². The smallest absolute Gasteiger partial charge is 0.163 e. The minimum Gasteiger partial charge on any atom is -0.507 e. The molecule has 1 N–H and O–H groups in total. The van der Waals surface area contributed by atoms with Crippen molar-refractivity contribution in [2.45, 2.75) is 26.9 Å². The molecule has 0 atom stereocenters. The molecule has 2 aromatic rings. The van der Waals surface area contributed by atoms with Crippen molar-refractivity contribution in [3.8, 4) is 5.75 Å². The molecule has 0 saturated heterocycles. The molecule has 2 rings (SSSR count). The monoisotopic (exact) mass is 323 g/mol. The third kappa shape index (κ3) is 4.06. The molecule has 112 valence electrons. The molecule has 0 aliphatic carbocycles. The van der Waals surface area contributed by atoms with Gasteiger partial charge in [-0.15, -0.1) is 11.3 Å². The van der Waals surface area contributed by atoms with Gasteiger partial charge in [0.05, 0.1) is 5.56 Å². The van der Waals surface area contributed by atoms with Gasteiger partial charge in [0.15, 0.2) is 5.78 Å². The second kappa shape index (κ2) is 7.07. The van der Waals surface area contributed by atoms with Crippen LogP contribution < -0.4 is 0 Å². The van der Waals surface area contributed by atoms with E-state index in [1.165, 1.54) is 17.9 Å².